The molecule has 1 aromatic heterocycles. The summed E-state index contributed by atoms with van der Waals surface area (Å²) in [5, 5.41) is 0.626. The molecule has 1 aromatic carbocycles. The molecule has 23 heavy (non-hydrogen) atoms. The Bertz CT molecular complexity index is 813. The zero-order valence-corrected chi connectivity index (χ0v) is 13.3. The highest BCUT2D eigenvalue weighted by Gasteiger charge is 2.36. The van der Waals surface area contributed by atoms with Crippen molar-refractivity contribution in [3.8, 4) is 0 Å². The lowest BCUT2D eigenvalue weighted by molar-refractivity contribution is 0.0581. The molecule has 0 aliphatic carbocycles. The molecule has 5 heteroatoms. The number of carbonyl (C=O) groups excluding carboxylic acids is 1. The van der Waals surface area contributed by atoms with Gasteiger partial charge in [0, 0.05) is 42.6 Å². The standard InChI is InChI=1S/C18H21N3O2/c1-20-9-12-6-7-13(11-20)21(10-12)18(23)16-8-17(22)14-4-2-3-5-15(14)19-16/h2-5,8,12-13H,6-7,9-11H2,1H3,(H,19,22)/t12-,13+/m1/s1. The van der Waals surface area contributed by atoms with Gasteiger partial charge in [-0.3, -0.25) is 9.59 Å². The van der Waals surface area contributed by atoms with E-state index in [-0.39, 0.29) is 17.4 Å². The molecule has 1 amide bonds. The van der Waals surface area contributed by atoms with Crippen LogP contribution in [0.1, 0.15) is 23.3 Å². The molecular formula is C18H21N3O2. The van der Waals surface area contributed by atoms with Crippen LogP contribution < -0.4 is 5.43 Å². The van der Waals surface area contributed by atoms with E-state index in [9.17, 15) is 9.59 Å². The second-order valence-corrected chi connectivity index (χ2v) is 6.87. The van der Waals surface area contributed by atoms with E-state index in [2.05, 4.69) is 16.9 Å². The van der Waals surface area contributed by atoms with E-state index in [0.717, 1.165) is 31.6 Å². The van der Waals surface area contributed by atoms with E-state index >= 15 is 0 Å². The minimum atomic E-state index is -0.0974. The number of rotatable bonds is 1. The number of carbonyl (C=O) groups is 1. The Balaban J connectivity index is 1.71. The number of aromatic nitrogens is 1. The zero-order valence-electron chi connectivity index (χ0n) is 13.3. The Morgan fingerprint density at radius 2 is 2.00 bits per heavy atom. The van der Waals surface area contributed by atoms with E-state index in [1.165, 1.54) is 12.5 Å². The topological polar surface area (TPSA) is 56.4 Å². The van der Waals surface area contributed by atoms with Crippen LogP contribution >= 0.6 is 0 Å². The van der Waals surface area contributed by atoms with E-state index in [1.54, 1.807) is 6.07 Å². The van der Waals surface area contributed by atoms with E-state index in [0.29, 0.717) is 17.0 Å². The molecule has 5 nitrogen and oxygen atoms in total. The fraction of sp³-hybridized carbons (Fsp3) is 0.444. The minimum Gasteiger partial charge on any atom is -0.350 e. The number of aromatic amines is 1. The quantitative estimate of drug-likeness (QED) is 0.872. The van der Waals surface area contributed by atoms with Gasteiger partial charge in [0.15, 0.2) is 5.43 Å². The number of fused-ring (bicyclic) bond motifs is 5. The van der Waals surface area contributed by atoms with Crippen molar-refractivity contribution in [1.82, 2.24) is 14.8 Å². The Kier molecular flexibility index (Phi) is 3.45. The van der Waals surface area contributed by atoms with Gasteiger partial charge >= 0.3 is 0 Å². The number of piperidine rings is 1. The minimum absolute atomic E-state index is 0.0437. The van der Waals surface area contributed by atoms with Gasteiger partial charge in [-0.05, 0) is 37.9 Å². The third-order valence-electron chi connectivity index (χ3n) is 5.12. The molecule has 3 fully saturated rings. The second-order valence-electron chi connectivity index (χ2n) is 6.87. The van der Waals surface area contributed by atoms with Crippen molar-refractivity contribution < 1.29 is 4.79 Å². The summed E-state index contributed by atoms with van der Waals surface area (Å²) in [5.74, 6) is 0.493. The Hall–Kier alpha value is -2.14. The molecular weight excluding hydrogens is 290 g/mol. The number of pyridine rings is 1. The van der Waals surface area contributed by atoms with Crippen LogP contribution in [0.15, 0.2) is 35.1 Å². The predicted molar refractivity (Wildman–Crippen MR) is 89.6 cm³/mol. The maximum atomic E-state index is 13.0. The fourth-order valence-electron chi connectivity index (χ4n) is 4.03. The second kappa shape index (κ2) is 5.49. The highest BCUT2D eigenvalue weighted by Crippen LogP contribution is 2.28. The molecule has 3 saturated heterocycles. The number of amides is 1. The number of hydrogen-bond donors (Lipinski definition) is 1. The summed E-state index contributed by atoms with van der Waals surface area (Å²) in [6.07, 6.45) is 2.24. The van der Waals surface area contributed by atoms with Gasteiger partial charge < -0.3 is 14.8 Å². The first-order valence-electron chi connectivity index (χ1n) is 8.23. The summed E-state index contributed by atoms with van der Waals surface area (Å²) < 4.78 is 0. The molecule has 3 aliphatic heterocycles. The van der Waals surface area contributed by atoms with Crippen molar-refractivity contribution in [2.75, 3.05) is 26.7 Å². The third kappa shape index (κ3) is 2.55. The molecule has 2 atom stereocenters. The number of likely N-dealkylation sites (N-methyl/N-ethyl adjacent to an activating group) is 1. The first-order valence-corrected chi connectivity index (χ1v) is 8.23. The van der Waals surface area contributed by atoms with E-state index in [4.69, 9.17) is 0 Å². The van der Waals surface area contributed by atoms with Crippen LogP contribution in [0.3, 0.4) is 0 Å². The molecule has 5 rings (SSSR count). The summed E-state index contributed by atoms with van der Waals surface area (Å²) in [5.41, 5.74) is 1.03. The number of benzene rings is 1. The molecule has 2 bridgehead atoms. The van der Waals surface area contributed by atoms with E-state index < -0.39 is 0 Å². The number of nitrogens with zero attached hydrogens (tertiary/aromatic N) is 2. The maximum Gasteiger partial charge on any atom is 0.270 e. The molecule has 0 unspecified atom stereocenters. The molecule has 4 heterocycles. The van der Waals surface area contributed by atoms with Crippen LogP contribution in [0.2, 0.25) is 0 Å². The van der Waals surface area contributed by atoms with Gasteiger partial charge in [-0.25, -0.2) is 0 Å². The van der Waals surface area contributed by atoms with Crippen LogP contribution in [-0.2, 0) is 0 Å². The molecule has 0 radical (unpaired) electrons. The Morgan fingerprint density at radius 3 is 2.87 bits per heavy atom. The van der Waals surface area contributed by atoms with E-state index in [1.807, 2.05) is 23.1 Å². The molecule has 3 aliphatic rings. The monoisotopic (exact) mass is 311 g/mol. The fourth-order valence-corrected chi connectivity index (χ4v) is 4.03. The normalized spacial score (nSPS) is 24.8. The van der Waals surface area contributed by atoms with Crippen LogP contribution in [0.4, 0.5) is 0 Å². The summed E-state index contributed by atoms with van der Waals surface area (Å²) in [4.78, 5) is 32.7. The van der Waals surface area contributed by atoms with Gasteiger partial charge in [0.05, 0.1) is 0 Å². The molecule has 0 saturated carbocycles. The summed E-state index contributed by atoms with van der Waals surface area (Å²) in [6.45, 7) is 2.76. The molecule has 120 valence electrons. The number of hydrogen-bond acceptors (Lipinski definition) is 3. The molecule has 2 aromatic rings. The van der Waals surface area contributed by atoms with Gasteiger partial charge in [0.25, 0.3) is 5.91 Å². The van der Waals surface area contributed by atoms with Crippen LogP contribution in [-0.4, -0.2) is 53.4 Å². The summed E-state index contributed by atoms with van der Waals surface area (Å²) in [7, 11) is 2.12. The van der Waals surface area contributed by atoms with Crippen molar-refractivity contribution in [3.63, 3.8) is 0 Å². The van der Waals surface area contributed by atoms with Crippen LogP contribution in [0, 0.1) is 5.92 Å². The maximum absolute atomic E-state index is 13.0. The van der Waals surface area contributed by atoms with Gasteiger partial charge in [-0.1, -0.05) is 12.1 Å². The van der Waals surface area contributed by atoms with Crippen molar-refractivity contribution in [1.29, 1.82) is 0 Å². The SMILES string of the molecule is CN1C[C@H]2CC[C@@H](C1)N(C(=O)c1cc(=O)c3ccccc3[nH]1)C2. The highest BCUT2D eigenvalue weighted by molar-refractivity contribution is 5.95. The van der Waals surface area contributed by atoms with Crippen molar-refractivity contribution in [2.45, 2.75) is 18.9 Å². The summed E-state index contributed by atoms with van der Waals surface area (Å²) >= 11 is 0. The van der Waals surface area contributed by atoms with Crippen molar-refractivity contribution >= 4 is 16.8 Å². The number of para-hydroxylation sites is 1. The van der Waals surface area contributed by atoms with Crippen molar-refractivity contribution in [2.24, 2.45) is 5.92 Å². The van der Waals surface area contributed by atoms with Gasteiger partial charge in [0.1, 0.15) is 5.69 Å². The first-order chi connectivity index (χ1) is 11.1. The lowest BCUT2D eigenvalue weighted by atomic mass is 9.94. The predicted octanol–water partition coefficient (Wildman–Crippen LogP) is 1.69. The third-order valence-corrected chi connectivity index (χ3v) is 5.12. The van der Waals surface area contributed by atoms with Gasteiger partial charge in [-0.15, -0.1) is 0 Å². The smallest absolute Gasteiger partial charge is 0.270 e. The van der Waals surface area contributed by atoms with Gasteiger partial charge in [0.2, 0.25) is 0 Å². The average molecular weight is 311 g/mol. The zero-order chi connectivity index (χ0) is 16.0. The van der Waals surface area contributed by atoms with Crippen LogP contribution in [0.25, 0.3) is 10.9 Å². The average Bonchev–Trinajstić information content (AvgIpc) is 2.83. The Morgan fingerprint density at radius 1 is 1.17 bits per heavy atom. The lowest BCUT2D eigenvalue weighted by Gasteiger charge is -2.36. The molecule has 0 spiro atoms. The van der Waals surface area contributed by atoms with Crippen molar-refractivity contribution in [3.05, 3.63) is 46.2 Å². The lowest BCUT2D eigenvalue weighted by Crippen LogP contribution is -2.47. The highest BCUT2D eigenvalue weighted by atomic mass is 16.2. The first kappa shape index (κ1) is 14.5. The largest absolute Gasteiger partial charge is 0.350 e. The van der Waals surface area contributed by atoms with Gasteiger partial charge in [-0.2, -0.15) is 0 Å². The number of H-pyrrole nitrogens is 1. The van der Waals surface area contributed by atoms with Crippen LogP contribution in [0.5, 0.6) is 0 Å². The molecule has 1 N–H and O–H groups in total. The summed E-state index contributed by atoms with van der Waals surface area (Å²) in [6, 6.07) is 9.04. The Labute approximate surface area is 134 Å². The number of nitrogens with one attached hydrogen (secondary N) is 1.